The van der Waals surface area contributed by atoms with Crippen molar-refractivity contribution in [2.45, 2.75) is 18.2 Å². The van der Waals surface area contributed by atoms with Gasteiger partial charge in [-0.2, -0.15) is 0 Å². The summed E-state index contributed by atoms with van der Waals surface area (Å²) in [5.41, 5.74) is 1.05. The summed E-state index contributed by atoms with van der Waals surface area (Å²) < 4.78 is 0. The Labute approximate surface area is 103 Å². The number of alkyl halides is 2. The van der Waals surface area contributed by atoms with Crippen LogP contribution in [-0.2, 0) is 10.7 Å². The van der Waals surface area contributed by atoms with Crippen molar-refractivity contribution in [1.29, 1.82) is 0 Å². The van der Waals surface area contributed by atoms with Crippen LogP contribution < -0.4 is 0 Å². The second kappa shape index (κ2) is 5.32. The van der Waals surface area contributed by atoms with Gasteiger partial charge in [0.1, 0.15) is 5.38 Å². The quantitative estimate of drug-likeness (QED) is 0.847. The number of carbonyl (C=O) groups is 2. The molecule has 0 aromatic heterocycles. The molecule has 1 aromatic rings. The van der Waals surface area contributed by atoms with Crippen LogP contribution in [0.25, 0.3) is 0 Å². The molecule has 0 saturated heterocycles. The SMILES string of the molecule is CC(=O)C(Cl)c1cc(CCl)ccc1C(=O)O. The van der Waals surface area contributed by atoms with Crippen molar-refractivity contribution < 1.29 is 14.7 Å². The van der Waals surface area contributed by atoms with Crippen LogP contribution in [0.3, 0.4) is 0 Å². The Morgan fingerprint density at radius 2 is 2.06 bits per heavy atom. The van der Waals surface area contributed by atoms with E-state index in [-0.39, 0.29) is 17.2 Å². The number of ketones is 1. The van der Waals surface area contributed by atoms with E-state index in [4.69, 9.17) is 28.3 Å². The van der Waals surface area contributed by atoms with Gasteiger partial charge in [-0.05, 0) is 24.1 Å². The summed E-state index contributed by atoms with van der Waals surface area (Å²) in [5.74, 6) is -1.16. The first-order valence-corrected chi connectivity index (χ1v) is 5.51. The molecule has 0 radical (unpaired) electrons. The minimum Gasteiger partial charge on any atom is -0.478 e. The molecular formula is C11H10Cl2O3. The number of carbonyl (C=O) groups excluding carboxylic acids is 1. The van der Waals surface area contributed by atoms with Gasteiger partial charge in [-0.1, -0.05) is 12.1 Å². The minimum absolute atomic E-state index is 0.0315. The first-order valence-electron chi connectivity index (χ1n) is 4.54. The summed E-state index contributed by atoms with van der Waals surface area (Å²) >= 11 is 11.5. The van der Waals surface area contributed by atoms with E-state index in [0.29, 0.717) is 5.56 Å². The van der Waals surface area contributed by atoms with E-state index in [0.717, 1.165) is 5.56 Å². The fourth-order valence-corrected chi connectivity index (χ4v) is 1.67. The maximum absolute atomic E-state index is 11.2. The molecule has 3 nitrogen and oxygen atoms in total. The Morgan fingerprint density at radius 1 is 1.44 bits per heavy atom. The molecule has 1 rings (SSSR count). The Morgan fingerprint density at radius 3 is 2.50 bits per heavy atom. The monoisotopic (exact) mass is 260 g/mol. The van der Waals surface area contributed by atoms with Crippen molar-refractivity contribution in [3.05, 3.63) is 34.9 Å². The van der Waals surface area contributed by atoms with E-state index in [2.05, 4.69) is 0 Å². The third-order valence-corrected chi connectivity index (χ3v) is 2.98. The number of carboxylic acid groups (broad SMARTS) is 1. The Balaban J connectivity index is 3.30. The number of Topliss-reactive ketones (excluding diaryl/α,β-unsaturated/α-hetero) is 1. The first kappa shape index (κ1) is 13.0. The molecule has 0 spiro atoms. The lowest BCUT2D eigenvalue weighted by molar-refractivity contribution is -0.116. The van der Waals surface area contributed by atoms with Gasteiger partial charge in [0.15, 0.2) is 5.78 Å². The van der Waals surface area contributed by atoms with E-state index in [1.165, 1.54) is 13.0 Å². The fraction of sp³-hybridized carbons (Fsp3) is 0.273. The number of hydrogen-bond donors (Lipinski definition) is 1. The largest absolute Gasteiger partial charge is 0.478 e. The lowest BCUT2D eigenvalue weighted by Crippen LogP contribution is -2.09. The minimum atomic E-state index is -1.11. The van der Waals surface area contributed by atoms with Crippen LogP contribution in [0.1, 0.15) is 33.8 Å². The van der Waals surface area contributed by atoms with E-state index >= 15 is 0 Å². The molecule has 16 heavy (non-hydrogen) atoms. The Hall–Kier alpha value is -1.06. The van der Waals surface area contributed by atoms with Crippen LogP contribution in [0, 0.1) is 0 Å². The molecule has 0 bridgehead atoms. The predicted molar refractivity (Wildman–Crippen MR) is 62.2 cm³/mol. The van der Waals surface area contributed by atoms with Crippen molar-refractivity contribution in [2.75, 3.05) is 0 Å². The molecule has 1 atom stereocenters. The summed E-state index contributed by atoms with van der Waals surface area (Å²) in [6, 6.07) is 4.56. The molecule has 5 heteroatoms. The predicted octanol–water partition coefficient (Wildman–Crippen LogP) is 2.99. The van der Waals surface area contributed by atoms with Gasteiger partial charge < -0.3 is 5.11 Å². The van der Waals surface area contributed by atoms with E-state index in [1.807, 2.05) is 0 Å². The van der Waals surface area contributed by atoms with Gasteiger partial charge in [-0.3, -0.25) is 4.79 Å². The molecule has 1 N–H and O–H groups in total. The highest BCUT2D eigenvalue weighted by molar-refractivity contribution is 6.31. The van der Waals surface area contributed by atoms with Gasteiger partial charge in [0.05, 0.1) is 5.56 Å². The molecular weight excluding hydrogens is 251 g/mol. The van der Waals surface area contributed by atoms with Gasteiger partial charge >= 0.3 is 5.97 Å². The van der Waals surface area contributed by atoms with Crippen LogP contribution in [0.15, 0.2) is 18.2 Å². The third-order valence-electron chi connectivity index (χ3n) is 2.13. The number of carboxylic acids is 1. The molecule has 0 amide bonds. The number of halogens is 2. The second-order valence-corrected chi connectivity index (χ2v) is 4.04. The van der Waals surface area contributed by atoms with Crippen LogP contribution in [0.5, 0.6) is 0 Å². The fourth-order valence-electron chi connectivity index (χ4n) is 1.32. The Bertz CT molecular complexity index is 429. The van der Waals surface area contributed by atoms with Crippen LogP contribution >= 0.6 is 23.2 Å². The van der Waals surface area contributed by atoms with Gasteiger partial charge in [-0.15, -0.1) is 23.2 Å². The zero-order chi connectivity index (χ0) is 12.3. The van der Waals surface area contributed by atoms with Crippen LogP contribution in [0.4, 0.5) is 0 Å². The molecule has 0 aliphatic rings. The van der Waals surface area contributed by atoms with Gasteiger partial charge in [0.25, 0.3) is 0 Å². The summed E-state index contributed by atoms with van der Waals surface area (Å²) in [5, 5.41) is 8.01. The Kier molecular flexibility index (Phi) is 4.33. The van der Waals surface area contributed by atoms with E-state index < -0.39 is 11.3 Å². The number of aromatic carboxylic acids is 1. The van der Waals surface area contributed by atoms with Crippen molar-refractivity contribution in [3.8, 4) is 0 Å². The topological polar surface area (TPSA) is 54.4 Å². The van der Waals surface area contributed by atoms with E-state index in [9.17, 15) is 9.59 Å². The summed E-state index contributed by atoms with van der Waals surface area (Å²) in [6.07, 6.45) is 0. The molecule has 0 aliphatic carbocycles. The lowest BCUT2D eigenvalue weighted by Gasteiger charge is -2.11. The first-order chi connectivity index (χ1) is 7.47. The highest BCUT2D eigenvalue weighted by Crippen LogP contribution is 2.26. The normalized spacial score (nSPS) is 12.2. The summed E-state index contributed by atoms with van der Waals surface area (Å²) in [7, 11) is 0. The summed E-state index contributed by atoms with van der Waals surface area (Å²) in [6.45, 7) is 1.32. The molecule has 1 aromatic carbocycles. The average Bonchev–Trinajstić information content (AvgIpc) is 2.26. The van der Waals surface area contributed by atoms with Gasteiger partial charge in [0, 0.05) is 5.88 Å². The maximum atomic E-state index is 11.2. The van der Waals surface area contributed by atoms with E-state index in [1.54, 1.807) is 12.1 Å². The van der Waals surface area contributed by atoms with Gasteiger partial charge in [0.2, 0.25) is 0 Å². The van der Waals surface area contributed by atoms with Crippen molar-refractivity contribution >= 4 is 35.0 Å². The zero-order valence-electron chi connectivity index (χ0n) is 8.54. The highest BCUT2D eigenvalue weighted by Gasteiger charge is 2.20. The smallest absolute Gasteiger partial charge is 0.336 e. The highest BCUT2D eigenvalue weighted by atomic mass is 35.5. The standard InChI is InChI=1S/C11H10Cl2O3/c1-6(14)10(13)9-4-7(5-12)2-3-8(9)11(15)16/h2-4,10H,5H2,1H3,(H,15,16). The van der Waals surface area contributed by atoms with Gasteiger partial charge in [-0.25, -0.2) is 4.79 Å². The number of rotatable bonds is 4. The second-order valence-electron chi connectivity index (χ2n) is 3.33. The molecule has 0 saturated carbocycles. The van der Waals surface area contributed by atoms with Crippen molar-refractivity contribution in [3.63, 3.8) is 0 Å². The van der Waals surface area contributed by atoms with Crippen LogP contribution in [-0.4, -0.2) is 16.9 Å². The molecule has 0 heterocycles. The van der Waals surface area contributed by atoms with Crippen molar-refractivity contribution in [2.24, 2.45) is 0 Å². The third kappa shape index (κ3) is 2.74. The summed E-state index contributed by atoms with van der Waals surface area (Å²) in [4.78, 5) is 22.1. The maximum Gasteiger partial charge on any atom is 0.336 e. The van der Waals surface area contributed by atoms with Crippen LogP contribution in [0.2, 0.25) is 0 Å². The number of hydrogen-bond acceptors (Lipinski definition) is 2. The molecule has 1 unspecified atom stereocenters. The zero-order valence-corrected chi connectivity index (χ0v) is 10.0. The molecule has 86 valence electrons. The molecule has 0 aliphatic heterocycles. The lowest BCUT2D eigenvalue weighted by atomic mass is 10.00. The number of benzene rings is 1. The average molecular weight is 261 g/mol. The van der Waals surface area contributed by atoms with Crippen molar-refractivity contribution in [1.82, 2.24) is 0 Å². The molecule has 0 fully saturated rings.